The summed E-state index contributed by atoms with van der Waals surface area (Å²) in [4.78, 5) is 0. The topological polar surface area (TPSA) is 67.4 Å². The van der Waals surface area contributed by atoms with Crippen molar-refractivity contribution < 1.29 is 13.2 Å². The third-order valence-electron chi connectivity index (χ3n) is 3.07. The largest absolute Gasteiger partial charge is 0.495 e. The van der Waals surface area contributed by atoms with Crippen LogP contribution in [0.2, 0.25) is 5.02 Å². The van der Waals surface area contributed by atoms with E-state index in [2.05, 4.69) is 10.0 Å². The van der Waals surface area contributed by atoms with Crippen LogP contribution >= 0.6 is 11.6 Å². The Morgan fingerprint density at radius 1 is 1.09 bits per heavy atom. The minimum atomic E-state index is -3.28. The molecule has 0 amide bonds. The normalized spacial score (nSPS) is 11.1. The van der Waals surface area contributed by atoms with Crippen molar-refractivity contribution in [3.8, 4) is 5.75 Å². The minimum absolute atomic E-state index is 0.104. The molecular weight excluding hydrogens is 336 g/mol. The smallest absolute Gasteiger partial charge is 0.232 e. The van der Waals surface area contributed by atoms with Crippen molar-refractivity contribution in [2.75, 3.05) is 22.9 Å². The SMILES string of the molecule is CCCS(=O)(=O)Nc1ccc(Nc2cc(Cl)ccc2OC)cc1. The average Bonchev–Trinajstić information content (AvgIpc) is 2.49. The van der Waals surface area contributed by atoms with Gasteiger partial charge in [-0.25, -0.2) is 8.42 Å². The predicted octanol–water partition coefficient (Wildman–Crippen LogP) is 4.24. The van der Waals surface area contributed by atoms with E-state index in [4.69, 9.17) is 16.3 Å². The average molecular weight is 355 g/mol. The van der Waals surface area contributed by atoms with Crippen molar-refractivity contribution in [1.82, 2.24) is 0 Å². The van der Waals surface area contributed by atoms with Crippen molar-refractivity contribution in [2.45, 2.75) is 13.3 Å². The molecule has 0 aliphatic rings. The first-order chi connectivity index (χ1) is 10.9. The van der Waals surface area contributed by atoms with Crippen molar-refractivity contribution in [3.63, 3.8) is 0 Å². The number of anilines is 3. The van der Waals surface area contributed by atoms with E-state index >= 15 is 0 Å². The zero-order valence-corrected chi connectivity index (χ0v) is 14.5. The Kier molecular flexibility index (Phi) is 5.74. The molecule has 0 aliphatic heterocycles. The maximum Gasteiger partial charge on any atom is 0.232 e. The van der Waals surface area contributed by atoms with Crippen LogP contribution in [-0.2, 0) is 10.0 Å². The molecule has 124 valence electrons. The standard InChI is InChI=1S/C16H19ClN2O3S/c1-3-10-23(20,21)19-14-7-5-13(6-8-14)18-15-11-12(17)4-9-16(15)22-2/h4-9,11,18-19H,3,10H2,1-2H3. The highest BCUT2D eigenvalue weighted by Gasteiger charge is 2.09. The third-order valence-corrected chi connectivity index (χ3v) is 4.80. The van der Waals surface area contributed by atoms with E-state index in [1.807, 2.05) is 6.92 Å². The Morgan fingerprint density at radius 2 is 1.74 bits per heavy atom. The molecule has 2 aromatic carbocycles. The third kappa shape index (κ3) is 5.04. The lowest BCUT2D eigenvalue weighted by Crippen LogP contribution is -2.15. The molecule has 0 aromatic heterocycles. The highest BCUT2D eigenvalue weighted by atomic mass is 35.5. The van der Waals surface area contributed by atoms with Crippen LogP contribution in [0.15, 0.2) is 42.5 Å². The fraction of sp³-hybridized carbons (Fsp3) is 0.250. The summed E-state index contributed by atoms with van der Waals surface area (Å²) in [5.74, 6) is 0.773. The van der Waals surface area contributed by atoms with E-state index < -0.39 is 10.0 Å². The van der Waals surface area contributed by atoms with Crippen LogP contribution in [0.5, 0.6) is 5.75 Å². The number of hydrogen-bond donors (Lipinski definition) is 2. The van der Waals surface area contributed by atoms with Crippen molar-refractivity contribution in [3.05, 3.63) is 47.5 Å². The van der Waals surface area contributed by atoms with Crippen LogP contribution in [-0.4, -0.2) is 21.3 Å². The summed E-state index contributed by atoms with van der Waals surface area (Å²) in [6.45, 7) is 1.82. The van der Waals surface area contributed by atoms with Crippen molar-refractivity contribution >= 4 is 38.7 Å². The fourth-order valence-corrected chi connectivity index (χ4v) is 3.36. The predicted molar refractivity (Wildman–Crippen MR) is 95.4 cm³/mol. The van der Waals surface area contributed by atoms with Gasteiger partial charge in [0.1, 0.15) is 5.75 Å². The number of nitrogens with one attached hydrogen (secondary N) is 2. The van der Waals surface area contributed by atoms with Crippen LogP contribution in [0.1, 0.15) is 13.3 Å². The molecule has 0 saturated heterocycles. The maximum atomic E-state index is 11.7. The summed E-state index contributed by atoms with van der Waals surface area (Å²) in [5.41, 5.74) is 2.06. The minimum Gasteiger partial charge on any atom is -0.495 e. The van der Waals surface area contributed by atoms with Gasteiger partial charge in [-0.1, -0.05) is 18.5 Å². The van der Waals surface area contributed by atoms with E-state index in [1.165, 1.54) is 0 Å². The number of sulfonamides is 1. The first kappa shape index (κ1) is 17.4. The van der Waals surface area contributed by atoms with Gasteiger partial charge in [0, 0.05) is 16.4 Å². The highest BCUT2D eigenvalue weighted by molar-refractivity contribution is 7.92. The van der Waals surface area contributed by atoms with Crippen molar-refractivity contribution in [2.24, 2.45) is 0 Å². The first-order valence-corrected chi connectivity index (χ1v) is 9.17. The molecule has 0 radical (unpaired) electrons. The summed E-state index contributed by atoms with van der Waals surface area (Å²) in [6, 6.07) is 12.3. The van der Waals surface area contributed by atoms with Crippen LogP contribution in [0.3, 0.4) is 0 Å². The molecule has 0 atom stereocenters. The first-order valence-electron chi connectivity index (χ1n) is 7.14. The van der Waals surface area contributed by atoms with E-state index in [9.17, 15) is 8.42 Å². The van der Waals surface area contributed by atoms with Gasteiger partial charge in [0.15, 0.2) is 0 Å². The van der Waals surface area contributed by atoms with Crippen LogP contribution < -0.4 is 14.8 Å². The summed E-state index contributed by atoms with van der Waals surface area (Å²) in [5, 5.41) is 3.79. The lowest BCUT2D eigenvalue weighted by Gasteiger charge is -2.12. The van der Waals surface area contributed by atoms with E-state index in [-0.39, 0.29) is 5.75 Å². The van der Waals surface area contributed by atoms with E-state index in [0.29, 0.717) is 22.9 Å². The highest BCUT2D eigenvalue weighted by Crippen LogP contribution is 2.30. The van der Waals surface area contributed by atoms with Crippen LogP contribution in [0, 0.1) is 0 Å². The second-order valence-corrected chi connectivity index (χ2v) is 7.25. The Labute approximate surface area is 141 Å². The fourth-order valence-electron chi connectivity index (χ4n) is 2.05. The Bertz CT molecular complexity index is 761. The number of benzene rings is 2. The summed E-state index contributed by atoms with van der Waals surface area (Å²) in [6.07, 6.45) is 0.573. The molecule has 0 spiro atoms. The molecule has 2 rings (SSSR count). The molecule has 5 nitrogen and oxygen atoms in total. The molecule has 0 unspecified atom stereocenters. The molecule has 0 aliphatic carbocycles. The molecule has 0 fully saturated rings. The summed E-state index contributed by atoms with van der Waals surface area (Å²) in [7, 11) is -1.70. The lowest BCUT2D eigenvalue weighted by atomic mass is 10.2. The van der Waals surface area contributed by atoms with Crippen LogP contribution in [0.4, 0.5) is 17.1 Å². The maximum absolute atomic E-state index is 11.7. The monoisotopic (exact) mass is 354 g/mol. The second-order valence-electron chi connectivity index (χ2n) is 4.97. The van der Waals surface area contributed by atoms with Gasteiger partial charge < -0.3 is 10.1 Å². The molecule has 0 bridgehead atoms. The zero-order chi connectivity index (χ0) is 16.9. The molecule has 0 saturated carbocycles. The van der Waals surface area contributed by atoms with Gasteiger partial charge >= 0.3 is 0 Å². The molecular formula is C16H19ClN2O3S. The van der Waals surface area contributed by atoms with E-state index in [0.717, 1.165) is 11.4 Å². The summed E-state index contributed by atoms with van der Waals surface area (Å²) >= 11 is 6.00. The second kappa shape index (κ2) is 7.57. The van der Waals surface area contributed by atoms with Gasteiger partial charge in [0.2, 0.25) is 10.0 Å². The van der Waals surface area contributed by atoms with Crippen molar-refractivity contribution in [1.29, 1.82) is 0 Å². The molecule has 2 aromatic rings. The number of halogens is 1. The van der Waals surface area contributed by atoms with Gasteiger partial charge in [-0.3, -0.25) is 4.72 Å². The molecule has 23 heavy (non-hydrogen) atoms. The molecule has 0 heterocycles. The summed E-state index contributed by atoms with van der Waals surface area (Å²) < 4.78 is 31.3. The quantitative estimate of drug-likeness (QED) is 0.780. The Balaban J connectivity index is 2.13. The Morgan fingerprint density at radius 3 is 2.35 bits per heavy atom. The van der Waals surface area contributed by atoms with Gasteiger partial charge in [0.05, 0.1) is 18.6 Å². The molecule has 2 N–H and O–H groups in total. The number of hydrogen-bond acceptors (Lipinski definition) is 4. The van der Waals surface area contributed by atoms with Gasteiger partial charge in [-0.05, 0) is 48.9 Å². The van der Waals surface area contributed by atoms with Gasteiger partial charge in [-0.15, -0.1) is 0 Å². The van der Waals surface area contributed by atoms with Gasteiger partial charge in [0.25, 0.3) is 0 Å². The Hall–Kier alpha value is -1.92. The van der Waals surface area contributed by atoms with Gasteiger partial charge in [-0.2, -0.15) is 0 Å². The molecule has 7 heteroatoms. The number of ether oxygens (including phenoxy) is 1. The number of rotatable bonds is 7. The zero-order valence-electron chi connectivity index (χ0n) is 13.0. The van der Waals surface area contributed by atoms with Crippen LogP contribution in [0.25, 0.3) is 0 Å². The lowest BCUT2D eigenvalue weighted by molar-refractivity contribution is 0.417. The number of methoxy groups -OCH3 is 1. The van der Waals surface area contributed by atoms with E-state index in [1.54, 1.807) is 49.6 Å².